The van der Waals surface area contributed by atoms with Gasteiger partial charge in [0.15, 0.2) is 6.61 Å². The van der Waals surface area contributed by atoms with Crippen molar-refractivity contribution in [2.75, 3.05) is 11.9 Å². The number of aromatic nitrogens is 2. The van der Waals surface area contributed by atoms with Gasteiger partial charge in [-0.25, -0.2) is 14.8 Å². The first kappa shape index (κ1) is 23.9. The van der Waals surface area contributed by atoms with Gasteiger partial charge in [-0.05, 0) is 49.2 Å². The Balaban J connectivity index is 1.40. The fraction of sp³-hybridized carbons (Fsp3) is 0.0968. The highest BCUT2D eigenvalue weighted by Crippen LogP contribution is 2.31. The number of esters is 1. The van der Waals surface area contributed by atoms with Gasteiger partial charge in [0.2, 0.25) is 0 Å². The van der Waals surface area contributed by atoms with Gasteiger partial charge in [0, 0.05) is 16.8 Å². The summed E-state index contributed by atoms with van der Waals surface area (Å²) in [7, 11) is 0. The molecule has 0 fully saturated rings. The first-order valence-corrected chi connectivity index (χ1v) is 12.0. The molecule has 182 valence electrons. The summed E-state index contributed by atoms with van der Waals surface area (Å²) in [5.74, 6) is -1.00. The van der Waals surface area contributed by atoms with Crippen LogP contribution in [-0.2, 0) is 9.53 Å². The second kappa shape index (κ2) is 10.4. The van der Waals surface area contributed by atoms with Crippen molar-refractivity contribution in [3.05, 3.63) is 114 Å². The van der Waals surface area contributed by atoms with Gasteiger partial charge in [0.05, 0.1) is 28.0 Å². The van der Waals surface area contributed by atoms with Crippen molar-refractivity contribution in [3.8, 4) is 22.5 Å². The summed E-state index contributed by atoms with van der Waals surface area (Å²) in [6, 6.07) is 30.4. The van der Waals surface area contributed by atoms with Crippen LogP contribution in [0.3, 0.4) is 0 Å². The zero-order chi connectivity index (χ0) is 25.8. The Hall–Kier alpha value is -4.84. The van der Waals surface area contributed by atoms with E-state index < -0.39 is 18.5 Å². The molecule has 6 nitrogen and oxygen atoms in total. The number of nitrogens with zero attached hydrogens (tertiary/aromatic N) is 2. The van der Waals surface area contributed by atoms with E-state index in [4.69, 9.17) is 14.7 Å². The number of hydrogen-bond donors (Lipinski definition) is 1. The Morgan fingerprint density at radius 1 is 0.730 bits per heavy atom. The summed E-state index contributed by atoms with van der Waals surface area (Å²) in [6.45, 7) is 3.51. The average Bonchev–Trinajstić information content (AvgIpc) is 2.94. The minimum Gasteiger partial charge on any atom is -0.452 e. The molecule has 1 amide bonds. The molecule has 0 radical (unpaired) electrons. The minimum absolute atomic E-state index is 0.299. The van der Waals surface area contributed by atoms with Crippen LogP contribution in [0.25, 0.3) is 33.5 Å². The second-order valence-electron chi connectivity index (χ2n) is 8.73. The Morgan fingerprint density at radius 3 is 2.00 bits per heavy atom. The second-order valence-corrected chi connectivity index (χ2v) is 8.73. The molecule has 37 heavy (non-hydrogen) atoms. The lowest BCUT2D eigenvalue weighted by molar-refractivity contribution is -0.119. The van der Waals surface area contributed by atoms with E-state index >= 15 is 0 Å². The Labute approximate surface area is 215 Å². The van der Waals surface area contributed by atoms with Crippen LogP contribution < -0.4 is 5.32 Å². The van der Waals surface area contributed by atoms with Crippen molar-refractivity contribution in [1.29, 1.82) is 0 Å². The van der Waals surface area contributed by atoms with E-state index in [1.165, 1.54) is 0 Å². The van der Waals surface area contributed by atoms with Crippen molar-refractivity contribution < 1.29 is 14.3 Å². The number of carbonyl (C=O) groups is 2. The van der Waals surface area contributed by atoms with Crippen molar-refractivity contribution in [2.45, 2.75) is 13.8 Å². The van der Waals surface area contributed by atoms with Crippen LogP contribution in [0.4, 0.5) is 5.69 Å². The number of fused-ring (bicyclic) bond motifs is 1. The Morgan fingerprint density at radius 2 is 1.35 bits per heavy atom. The SMILES string of the molecule is Cc1cccc(NC(=O)COC(=O)c2ccc3nc(-c4ccccc4)c(-c4ccccc4)nc3c2)c1C. The standard InChI is InChI=1S/C31H25N3O3/c1-20-10-9-15-25(21(20)2)32-28(35)19-37-31(36)24-16-17-26-27(18-24)34-30(23-13-7-4-8-14-23)29(33-26)22-11-5-3-6-12-22/h3-18H,19H2,1-2H3,(H,32,35). The summed E-state index contributed by atoms with van der Waals surface area (Å²) in [6.07, 6.45) is 0. The lowest BCUT2D eigenvalue weighted by atomic mass is 10.0. The van der Waals surface area contributed by atoms with Gasteiger partial charge in [0.25, 0.3) is 5.91 Å². The normalized spacial score (nSPS) is 10.8. The molecular formula is C31H25N3O3. The number of amides is 1. The first-order chi connectivity index (χ1) is 18.0. The number of anilines is 1. The fourth-order valence-electron chi connectivity index (χ4n) is 4.06. The largest absolute Gasteiger partial charge is 0.452 e. The van der Waals surface area contributed by atoms with Crippen LogP contribution in [0.2, 0.25) is 0 Å². The van der Waals surface area contributed by atoms with E-state index in [-0.39, 0.29) is 0 Å². The monoisotopic (exact) mass is 487 g/mol. The van der Waals surface area contributed by atoms with Gasteiger partial charge in [0.1, 0.15) is 0 Å². The molecule has 0 atom stereocenters. The minimum atomic E-state index is -0.604. The molecule has 4 aromatic carbocycles. The molecular weight excluding hydrogens is 462 g/mol. The van der Waals surface area contributed by atoms with Crippen LogP contribution in [0.1, 0.15) is 21.5 Å². The van der Waals surface area contributed by atoms with Crippen molar-refractivity contribution in [3.63, 3.8) is 0 Å². The molecule has 0 aliphatic heterocycles. The molecule has 0 aliphatic rings. The van der Waals surface area contributed by atoms with E-state index in [1.54, 1.807) is 18.2 Å². The molecule has 0 aliphatic carbocycles. The van der Waals surface area contributed by atoms with Gasteiger partial charge in [-0.1, -0.05) is 72.8 Å². The molecule has 1 heterocycles. The third-order valence-electron chi connectivity index (χ3n) is 6.21. The number of ether oxygens (including phenoxy) is 1. The zero-order valence-corrected chi connectivity index (χ0v) is 20.6. The maximum absolute atomic E-state index is 12.8. The van der Waals surface area contributed by atoms with Crippen LogP contribution in [-0.4, -0.2) is 28.5 Å². The van der Waals surface area contributed by atoms with E-state index in [1.807, 2.05) is 92.7 Å². The number of hydrogen-bond acceptors (Lipinski definition) is 5. The van der Waals surface area contributed by atoms with Crippen LogP contribution >= 0.6 is 0 Å². The Bertz CT molecular complexity index is 1600. The zero-order valence-electron chi connectivity index (χ0n) is 20.6. The molecule has 6 heteroatoms. The fourth-order valence-corrected chi connectivity index (χ4v) is 4.06. The maximum Gasteiger partial charge on any atom is 0.338 e. The lowest BCUT2D eigenvalue weighted by Gasteiger charge is -2.12. The number of nitrogens with one attached hydrogen (secondary N) is 1. The molecule has 0 saturated carbocycles. The highest BCUT2D eigenvalue weighted by atomic mass is 16.5. The number of benzene rings is 4. The first-order valence-electron chi connectivity index (χ1n) is 12.0. The topological polar surface area (TPSA) is 81.2 Å². The molecule has 0 spiro atoms. The van der Waals surface area contributed by atoms with Gasteiger partial charge in [-0.2, -0.15) is 0 Å². The smallest absolute Gasteiger partial charge is 0.338 e. The van der Waals surface area contributed by atoms with Crippen molar-refractivity contribution in [2.24, 2.45) is 0 Å². The quantitative estimate of drug-likeness (QED) is 0.281. The maximum atomic E-state index is 12.8. The van der Waals surface area contributed by atoms with Crippen LogP contribution in [0.15, 0.2) is 97.1 Å². The van der Waals surface area contributed by atoms with E-state index in [2.05, 4.69) is 5.32 Å². The van der Waals surface area contributed by atoms with E-state index in [9.17, 15) is 9.59 Å². The summed E-state index contributed by atoms with van der Waals surface area (Å²) in [5, 5.41) is 2.80. The molecule has 1 N–H and O–H groups in total. The third-order valence-corrected chi connectivity index (χ3v) is 6.21. The van der Waals surface area contributed by atoms with E-state index in [0.717, 1.165) is 33.6 Å². The number of aryl methyl sites for hydroxylation is 1. The average molecular weight is 488 g/mol. The number of rotatable bonds is 6. The van der Waals surface area contributed by atoms with Gasteiger partial charge >= 0.3 is 5.97 Å². The molecule has 5 aromatic rings. The van der Waals surface area contributed by atoms with Gasteiger partial charge in [-0.15, -0.1) is 0 Å². The highest BCUT2D eigenvalue weighted by Gasteiger charge is 2.16. The molecule has 0 unspecified atom stereocenters. The molecule has 0 bridgehead atoms. The van der Waals surface area contributed by atoms with Gasteiger partial charge < -0.3 is 10.1 Å². The molecule has 5 rings (SSSR count). The molecule has 0 saturated heterocycles. The lowest BCUT2D eigenvalue weighted by Crippen LogP contribution is -2.21. The van der Waals surface area contributed by atoms with Crippen LogP contribution in [0.5, 0.6) is 0 Å². The summed E-state index contributed by atoms with van der Waals surface area (Å²) in [4.78, 5) is 34.9. The summed E-state index contributed by atoms with van der Waals surface area (Å²) in [5.41, 5.74) is 7.61. The van der Waals surface area contributed by atoms with E-state index in [0.29, 0.717) is 22.3 Å². The number of carbonyl (C=O) groups excluding carboxylic acids is 2. The van der Waals surface area contributed by atoms with Crippen molar-refractivity contribution in [1.82, 2.24) is 9.97 Å². The highest BCUT2D eigenvalue weighted by molar-refractivity contribution is 5.98. The predicted molar refractivity (Wildman–Crippen MR) is 145 cm³/mol. The summed E-state index contributed by atoms with van der Waals surface area (Å²) >= 11 is 0. The Kier molecular flexibility index (Phi) is 6.72. The van der Waals surface area contributed by atoms with Crippen LogP contribution in [0, 0.1) is 13.8 Å². The van der Waals surface area contributed by atoms with Crippen molar-refractivity contribution >= 4 is 28.6 Å². The molecule has 1 aromatic heterocycles. The third kappa shape index (κ3) is 5.23. The van der Waals surface area contributed by atoms with Gasteiger partial charge in [-0.3, -0.25) is 4.79 Å². The predicted octanol–water partition coefficient (Wildman–Crippen LogP) is 6.38. The summed E-state index contributed by atoms with van der Waals surface area (Å²) < 4.78 is 5.29.